The molecule has 1 aliphatic carbocycles. The summed E-state index contributed by atoms with van der Waals surface area (Å²) < 4.78 is 5.41. The predicted molar refractivity (Wildman–Crippen MR) is 126 cm³/mol. The van der Waals surface area contributed by atoms with Gasteiger partial charge in [-0.05, 0) is 36.6 Å². The zero-order valence-corrected chi connectivity index (χ0v) is 19.6. The van der Waals surface area contributed by atoms with E-state index in [4.69, 9.17) is 4.74 Å². The molecule has 2 N–H and O–H groups in total. The number of ether oxygens (including phenoxy) is 1. The van der Waals surface area contributed by atoms with E-state index < -0.39 is 0 Å². The van der Waals surface area contributed by atoms with Crippen LogP contribution in [0.2, 0.25) is 0 Å². The van der Waals surface area contributed by atoms with Gasteiger partial charge in [0.15, 0.2) is 5.96 Å². The van der Waals surface area contributed by atoms with Gasteiger partial charge in [-0.15, -0.1) is 24.0 Å². The Morgan fingerprint density at radius 2 is 1.89 bits per heavy atom. The van der Waals surface area contributed by atoms with E-state index in [1.807, 2.05) is 18.8 Å². The van der Waals surface area contributed by atoms with Crippen molar-refractivity contribution < 1.29 is 4.74 Å². The highest BCUT2D eigenvalue weighted by Crippen LogP contribution is 2.28. The van der Waals surface area contributed by atoms with Crippen LogP contribution in [0.15, 0.2) is 29.3 Å². The second kappa shape index (κ2) is 12.1. The minimum atomic E-state index is 0. The maximum atomic E-state index is 5.41. The van der Waals surface area contributed by atoms with Gasteiger partial charge in [0.1, 0.15) is 0 Å². The smallest absolute Gasteiger partial charge is 0.191 e. The van der Waals surface area contributed by atoms with E-state index in [9.17, 15) is 0 Å². The molecule has 0 spiro atoms. The molecule has 152 valence electrons. The average molecular weight is 504 g/mol. The Balaban J connectivity index is 0.00000261. The Kier molecular flexibility index (Phi) is 10.2. The van der Waals surface area contributed by atoms with Crippen molar-refractivity contribution in [1.29, 1.82) is 0 Å². The van der Waals surface area contributed by atoms with E-state index in [1.54, 1.807) is 0 Å². The van der Waals surface area contributed by atoms with Crippen molar-refractivity contribution in [2.24, 2.45) is 4.99 Å². The second-order valence-corrected chi connectivity index (χ2v) is 8.28. The summed E-state index contributed by atoms with van der Waals surface area (Å²) in [7, 11) is 1.85. The standard InChI is InChI=1S/C20H32N4OS.HI/c1-21-20(23-18-7-8-19(13-18)26-2)22-14-16-3-5-17(6-4-16)15-24-9-11-25-12-10-24;/h3-6,18-19H,7-15H2,1-2H3,(H2,21,22,23);1H. The number of benzene rings is 1. The normalized spacial score (nSPS) is 23.7. The molecule has 2 atom stereocenters. The summed E-state index contributed by atoms with van der Waals surface area (Å²) in [6, 6.07) is 9.46. The third kappa shape index (κ3) is 7.44. The number of hydrogen-bond acceptors (Lipinski definition) is 4. The van der Waals surface area contributed by atoms with Crippen LogP contribution < -0.4 is 10.6 Å². The van der Waals surface area contributed by atoms with E-state index >= 15 is 0 Å². The Labute approximate surface area is 185 Å². The van der Waals surface area contributed by atoms with Crippen molar-refractivity contribution in [3.63, 3.8) is 0 Å². The van der Waals surface area contributed by atoms with E-state index in [-0.39, 0.29) is 24.0 Å². The number of guanidine groups is 1. The molecule has 0 aromatic heterocycles. The Hall–Kier alpha value is -0.510. The summed E-state index contributed by atoms with van der Waals surface area (Å²) in [4.78, 5) is 6.83. The Morgan fingerprint density at radius 1 is 1.19 bits per heavy atom. The largest absolute Gasteiger partial charge is 0.379 e. The fraction of sp³-hybridized carbons (Fsp3) is 0.650. The van der Waals surface area contributed by atoms with Gasteiger partial charge in [0.05, 0.1) is 13.2 Å². The molecule has 0 bridgehead atoms. The van der Waals surface area contributed by atoms with Crippen LogP contribution in [0.5, 0.6) is 0 Å². The number of nitrogens with zero attached hydrogens (tertiary/aromatic N) is 2. The van der Waals surface area contributed by atoms with Crippen LogP contribution in [0.1, 0.15) is 30.4 Å². The number of hydrogen-bond donors (Lipinski definition) is 2. The van der Waals surface area contributed by atoms with Gasteiger partial charge in [-0.25, -0.2) is 0 Å². The molecule has 27 heavy (non-hydrogen) atoms. The summed E-state index contributed by atoms with van der Waals surface area (Å²) in [5.74, 6) is 0.911. The lowest BCUT2D eigenvalue weighted by molar-refractivity contribution is 0.0342. The number of halogens is 1. The molecular weight excluding hydrogens is 471 g/mol. The lowest BCUT2D eigenvalue weighted by Gasteiger charge is -2.26. The van der Waals surface area contributed by atoms with Crippen molar-refractivity contribution in [3.8, 4) is 0 Å². The topological polar surface area (TPSA) is 48.9 Å². The van der Waals surface area contributed by atoms with Gasteiger partial charge in [-0.2, -0.15) is 11.8 Å². The summed E-state index contributed by atoms with van der Waals surface area (Å²) in [5.41, 5.74) is 2.65. The second-order valence-electron chi connectivity index (χ2n) is 7.14. The minimum Gasteiger partial charge on any atom is -0.379 e. The van der Waals surface area contributed by atoms with Crippen LogP contribution in [0.25, 0.3) is 0 Å². The highest BCUT2D eigenvalue weighted by atomic mass is 127. The van der Waals surface area contributed by atoms with Crippen LogP contribution in [0, 0.1) is 0 Å². The first kappa shape index (κ1) is 22.8. The first-order chi connectivity index (χ1) is 12.8. The fourth-order valence-corrected chi connectivity index (χ4v) is 4.44. The molecular formula is C20H33IN4OS. The molecule has 2 unspecified atom stereocenters. The van der Waals surface area contributed by atoms with Gasteiger partial charge in [0.25, 0.3) is 0 Å². The molecule has 1 aromatic rings. The third-order valence-electron chi connectivity index (χ3n) is 5.28. The van der Waals surface area contributed by atoms with Gasteiger partial charge in [0.2, 0.25) is 0 Å². The summed E-state index contributed by atoms with van der Waals surface area (Å²) in [6.07, 6.45) is 5.99. The van der Waals surface area contributed by atoms with Crippen molar-refractivity contribution in [2.75, 3.05) is 39.6 Å². The number of nitrogens with one attached hydrogen (secondary N) is 2. The molecule has 1 saturated heterocycles. The minimum absolute atomic E-state index is 0. The molecule has 1 aliphatic heterocycles. The zero-order chi connectivity index (χ0) is 18.2. The molecule has 3 rings (SSSR count). The molecule has 7 heteroatoms. The molecule has 2 aliphatic rings. The SMILES string of the molecule is CN=C(NCc1ccc(CN2CCOCC2)cc1)NC1CCC(SC)C1.I. The molecule has 5 nitrogen and oxygen atoms in total. The van der Waals surface area contributed by atoms with Crippen LogP contribution in [-0.4, -0.2) is 61.8 Å². The molecule has 0 amide bonds. The third-order valence-corrected chi connectivity index (χ3v) is 6.37. The van der Waals surface area contributed by atoms with Crippen LogP contribution in [-0.2, 0) is 17.8 Å². The van der Waals surface area contributed by atoms with Crippen molar-refractivity contribution in [1.82, 2.24) is 15.5 Å². The quantitative estimate of drug-likeness (QED) is 0.355. The van der Waals surface area contributed by atoms with Gasteiger partial charge in [0, 0.05) is 44.5 Å². The molecule has 1 heterocycles. The first-order valence-corrected chi connectivity index (χ1v) is 10.9. The average Bonchev–Trinajstić information content (AvgIpc) is 3.15. The van der Waals surface area contributed by atoms with E-state index in [2.05, 4.69) is 51.0 Å². The first-order valence-electron chi connectivity index (χ1n) is 9.64. The fourth-order valence-electron chi connectivity index (χ4n) is 3.64. The monoisotopic (exact) mass is 504 g/mol. The van der Waals surface area contributed by atoms with E-state index in [0.29, 0.717) is 6.04 Å². The van der Waals surface area contributed by atoms with Gasteiger partial charge in [-0.1, -0.05) is 24.3 Å². The predicted octanol–water partition coefficient (Wildman–Crippen LogP) is 3.09. The highest BCUT2D eigenvalue weighted by Gasteiger charge is 2.24. The van der Waals surface area contributed by atoms with E-state index in [1.165, 1.54) is 30.4 Å². The zero-order valence-electron chi connectivity index (χ0n) is 16.4. The highest BCUT2D eigenvalue weighted by molar-refractivity contribution is 14.0. The number of thioether (sulfide) groups is 1. The Bertz CT molecular complexity index is 578. The lowest BCUT2D eigenvalue weighted by atomic mass is 10.1. The van der Waals surface area contributed by atoms with Gasteiger partial charge >= 0.3 is 0 Å². The van der Waals surface area contributed by atoms with Crippen LogP contribution >= 0.6 is 35.7 Å². The van der Waals surface area contributed by atoms with Crippen molar-refractivity contribution in [2.45, 2.75) is 43.6 Å². The van der Waals surface area contributed by atoms with Gasteiger partial charge in [-0.3, -0.25) is 9.89 Å². The number of aliphatic imine (C=N–C) groups is 1. The summed E-state index contributed by atoms with van der Waals surface area (Å²) in [5, 5.41) is 7.82. The molecule has 1 saturated carbocycles. The van der Waals surface area contributed by atoms with Crippen molar-refractivity contribution in [3.05, 3.63) is 35.4 Å². The summed E-state index contributed by atoms with van der Waals surface area (Å²) >= 11 is 1.98. The number of rotatable bonds is 6. The van der Waals surface area contributed by atoms with Crippen molar-refractivity contribution >= 4 is 41.7 Å². The molecule has 1 aromatic carbocycles. The van der Waals surface area contributed by atoms with Crippen LogP contribution in [0.3, 0.4) is 0 Å². The maximum absolute atomic E-state index is 5.41. The van der Waals surface area contributed by atoms with Crippen LogP contribution in [0.4, 0.5) is 0 Å². The maximum Gasteiger partial charge on any atom is 0.191 e. The number of morpholine rings is 1. The van der Waals surface area contributed by atoms with Gasteiger partial charge < -0.3 is 15.4 Å². The summed E-state index contributed by atoms with van der Waals surface area (Å²) in [6.45, 7) is 5.59. The molecule has 0 radical (unpaired) electrons. The lowest BCUT2D eigenvalue weighted by Crippen LogP contribution is -2.42. The van der Waals surface area contributed by atoms with E-state index in [0.717, 1.165) is 50.6 Å². The Morgan fingerprint density at radius 3 is 2.52 bits per heavy atom. The molecule has 2 fully saturated rings.